The molecule has 3 rings (SSSR count). The molecule has 2 aromatic rings. The van der Waals surface area contributed by atoms with Crippen molar-refractivity contribution in [3.8, 4) is 0 Å². The Balaban J connectivity index is 1.86. The lowest BCUT2D eigenvalue weighted by atomic mass is 10.2. The number of hydrogen-bond donors (Lipinski definition) is 3. The van der Waals surface area contributed by atoms with Crippen LogP contribution in [0.3, 0.4) is 0 Å². The van der Waals surface area contributed by atoms with Gasteiger partial charge < -0.3 is 19.9 Å². The van der Waals surface area contributed by atoms with Crippen molar-refractivity contribution in [1.29, 1.82) is 0 Å². The summed E-state index contributed by atoms with van der Waals surface area (Å²) >= 11 is 0. The van der Waals surface area contributed by atoms with Crippen molar-refractivity contribution in [3.05, 3.63) is 56.9 Å². The van der Waals surface area contributed by atoms with E-state index in [1.54, 1.807) is 12.1 Å². The summed E-state index contributed by atoms with van der Waals surface area (Å²) in [5, 5.41) is 2.73. The molecule has 1 fully saturated rings. The molecule has 23 heavy (non-hydrogen) atoms. The molecule has 1 aliphatic heterocycles. The molecule has 1 amide bonds. The third kappa shape index (κ3) is 3.49. The average molecular weight is 316 g/mol. The van der Waals surface area contributed by atoms with Crippen LogP contribution in [0.1, 0.15) is 10.5 Å². The SMILES string of the molecule is O=C(Nc1ccccc1N1CCOCC1)c1cc(=O)[nH]c(=O)[nH]1. The molecule has 0 unspecified atom stereocenters. The molecule has 0 aliphatic carbocycles. The van der Waals surface area contributed by atoms with Crippen molar-refractivity contribution >= 4 is 17.3 Å². The summed E-state index contributed by atoms with van der Waals surface area (Å²) in [5.41, 5.74) is 0.0527. The number of nitrogens with zero attached hydrogens (tertiary/aromatic N) is 1. The van der Waals surface area contributed by atoms with Gasteiger partial charge in [-0.25, -0.2) is 4.79 Å². The first-order valence-electron chi connectivity index (χ1n) is 7.20. The number of benzene rings is 1. The Morgan fingerprint density at radius 3 is 2.61 bits per heavy atom. The van der Waals surface area contributed by atoms with Gasteiger partial charge in [0.2, 0.25) is 0 Å². The number of carbonyl (C=O) groups excluding carboxylic acids is 1. The van der Waals surface area contributed by atoms with Gasteiger partial charge in [0.25, 0.3) is 11.5 Å². The first-order valence-corrected chi connectivity index (χ1v) is 7.20. The van der Waals surface area contributed by atoms with Crippen LogP contribution in [-0.2, 0) is 4.74 Å². The molecule has 0 saturated carbocycles. The number of H-pyrrole nitrogens is 2. The molecule has 120 valence electrons. The van der Waals surface area contributed by atoms with Gasteiger partial charge in [0, 0.05) is 19.2 Å². The lowest BCUT2D eigenvalue weighted by Gasteiger charge is -2.30. The number of rotatable bonds is 3. The predicted octanol–water partition coefficient (Wildman–Crippen LogP) is 0.152. The molecular weight excluding hydrogens is 300 g/mol. The first-order chi connectivity index (χ1) is 11.1. The normalized spacial score (nSPS) is 14.5. The Morgan fingerprint density at radius 1 is 1.13 bits per heavy atom. The van der Waals surface area contributed by atoms with Crippen LogP contribution in [0.2, 0.25) is 0 Å². The zero-order valence-electron chi connectivity index (χ0n) is 12.3. The van der Waals surface area contributed by atoms with Crippen molar-refractivity contribution in [3.63, 3.8) is 0 Å². The highest BCUT2D eigenvalue weighted by molar-refractivity contribution is 6.04. The highest BCUT2D eigenvalue weighted by Crippen LogP contribution is 2.26. The summed E-state index contributed by atoms with van der Waals surface area (Å²) in [5.74, 6) is -0.547. The molecule has 1 aliphatic rings. The maximum Gasteiger partial charge on any atom is 0.326 e. The summed E-state index contributed by atoms with van der Waals surface area (Å²) in [6.07, 6.45) is 0. The van der Waals surface area contributed by atoms with Gasteiger partial charge in [-0.05, 0) is 12.1 Å². The summed E-state index contributed by atoms with van der Waals surface area (Å²) < 4.78 is 5.33. The van der Waals surface area contributed by atoms with E-state index >= 15 is 0 Å². The Kier molecular flexibility index (Phi) is 4.24. The van der Waals surface area contributed by atoms with E-state index in [4.69, 9.17) is 4.74 Å². The van der Waals surface area contributed by atoms with Crippen LogP contribution >= 0.6 is 0 Å². The minimum atomic E-state index is -0.718. The lowest BCUT2D eigenvalue weighted by Crippen LogP contribution is -2.36. The van der Waals surface area contributed by atoms with Crippen molar-refractivity contribution in [2.24, 2.45) is 0 Å². The van der Waals surface area contributed by atoms with Gasteiger partial charge in [-0.1, -0.05) is 12.1 Å². The van der Waals surface area contributed by atoms with Crippen molar-refractivity contribution < 1.29 is 9.53 Å². The number of anilines is 2. The summed E-state index contributed by atoms with van der Waals surface area (Å²) in [6.45, 7) is 2.72. The summed E-state index contributed by atoms with van der Waals surface area (Å²) in [7, 11) is 0. The third-order valence-electron chi connectivity index (χ3n) is 3.51. The number of morpholine rings is 1. The molecule has 0 spiro atoms. The molecule has 3 N–H and O–H groups in total. The smallest absolute Gasteiger partial charge is 0.326 e. The molecule has 1 saturated heterocycles. The van der Waals surface area contributed by atoms with E-state index in [1.165, 1.54) is 0 Å². The van der Waals surface area contributed by atoms with Crippen LogP contribution in [0.5, 0.6) is 0 Å². The zero-order chi connectivity index (χ0) is 16.2. The summed E-state index contributed by atoms with van der Waals surface area (Å²) in [6, 6.07) is 8.42. The van der Waals surface area contributed by atoms with Crippen molar-refractivity contribution in [2.45, 2.75) is 0 Å². The maximum atomic E-state index is 12.3. The number of aromatic amines is 2. The van der Waals surface area contributed by atoms with Gasteiger partial charge in [-0.15, -0.1) is 0 Å². The highest BCUT2D eigenvalue weighted by atomic mass is 16.5. The van der Waals surface area contributed by atoms with Crippen LogP contribution in [0.4, 0.5) is 11.4 Å². The van der Waals surface area contributed by atoms with E-state index in [1.807, 2.05) is 17.1 Å². The van der Waals surface area contributed by atoms with Crippen molar-refractivity contribution in [1.82, 2.24) is 9.97 Å². The second-order valence-corrected chi connectivity index (χ2v) is 5.07. The minimum absolute atomic E-state index is 0.0875. The number of amides is 1. The van der Waals surface area contributed by atoms with E-state index in [-0.39, 0.29) is 5.69 Å². The van der Waals surface area contributed by atoms with Crippen LogP contribution < -0.4 is 21.5 Å². The van der Waals surface area contributed by atoms with Crippen LogP contribution in [0.15, 0.2) is 39.9 Å². The molecule has 1 aromatic carbocycles. The Bertz CT molecular complexity index is 792. The van der Waals surface area contributed by atoms with Gasteiger partial charge in [-0.2, -0.15) is 0 Å². The number of ether oxygens (including phenoxy) is 1. The van der Waals surface area contributed by atoms with E-state index in [0.29, 0.717) is 18.9 Å². The number of nitrogens with one attached hydrogen (secondary N) is 3. The van der Waals surface area contributed by atoms with Gasteiger partial charge in [0.15, 0.2) is 0 Å². The number of para-hydroxylation sites is 2. The van der Waals surface area contributed by atoms with E-state index in [0.717, 1.165) is 24.8 Å². The lowest BCUT2D eigenvalue weighted by molar-refractivity contribution is 0.102. The highest BCUT2D eigenvalue weighted by Gasteiger charge is 2.16. The van der Waals surface area contributed by atoms with E-state index in [2.05, 4.69) is 15.2 Å². The Morgan fingerprint density at radius 2 is 1.87 bits per heavy atom. The average Bonchev–Trinajstić information content (AvgIpc) is 2.55. The number of hydrogen-bond acceptors (Lipinski definition) is 5. The number of aromatic nitrogens is 2. The van der Waals surface area contributed by atoms with Gasteiger partial charge in [0.1, 0.15) is 5.69 Å². The topological polar surface area (TPSA) is 107 Å². The molecule has 1 aromatic heterocycles. The van der Waals surface area contributed by atoms with E-state index < -0.39 is 17.2 Å². The monoisotopic (exact) mass is 316 g/mol. The fourth-order valence-electron chi connectivity index (χ4n) is 2.44. The predicted molar refractivity (Wildman–Crippen MR) is 85.1 cm³/mol. The van der Waals surface area contributed by atoms with Crippen molar-refractivity contribution in [2.75, 3.05) is 36.5 Å². The molecule has 0 radical (unpaired) electrons. The van der Waals surface area contributed by atoms with E-state index in [9.17, 15) is 14.4 Å². The summed E-state index contributed by atoms with van der Waals surface area (Å²) in [4.78, 5) is 41.3. The van der Waals surface area contributed by atoms with Gasteiger partial charge >= 0.3 is 5.69 Å². The quantitative estimate of drug-likeness (QED) is 0.747. The Hall–Kier alpha value is -2.87. The van der Waals surface area contributed by atoms with Gasteiger partial charge in [0.05, 0.1) is 24.6 Å². The standard InChI is InChI=1S/C15H16N4O4/c20-13-9-11(17-15(22)18-13)14(21)16-10-3-1-2-4-12(10)19-5-7-23-8-6-19/h1-4,9H,5-8H2,(H,16,21)(H2,17,18,20,22). The van der Waals surface area contributed by atoms with Crippen LogP contribution in [0, 0.1) is 0 Å². The second-order valence-electron chi connectivity index (χ2n) is 5.07. The first kappa shape index (κ1) is 15.0. The fraction of sp³-hybridized carbons (Fsp3) is 0.267. The maximum absolute atomic E-state index is 12.3. The molecule has 2 heterocycles. The van der Waals surface area contributed by atoms with Gasteiger partial charge in [-0.3, -0.25) is 14.6 Å². The molecule has 8 nitrogen and oxygen atoms in total. The third-order valence-corrected chi connectivity index (χ3v) is 3.51. The Labute approximate surface area is 131 Å². The largest absolute Gasteiger partial charge is 0.378 e. The zero-order valence-corrected chi connectivity index (χ0v) is 12.3. The van der Waals surface area contributed by atoms with Crippen LogP contribution in [0.25, 0.3) is 0 Å². The molecule has 0 bridgehead atoms. The fourth-order valence-corrected chi connectivity index (χ4v) is 2.44. The molecular formula is C15H16N4O4. The molecule has 8 heteroatoms. The second kappa shape index (κ2) is 6.49. The number of carbonyl (C=O) groups is 1. The minimum Gasteiger partial charge on any atom is -0.378 e. The van der Waals surface area contributed by atoms with Crippen LogP contribution in [-0.4, -0.2) is 42.2 Å². The molecule has 0 atom stereocenters.